The summed E-state index contributed by atoms with van der Waals surface area (Å²) in [5.41, 5.74) is 1.44. The lowest BCUT2D eigenvalue weighted by molar-refractivity contribution is 0.252. The third-order valence-corrected chi connectivity index (χ3v) is 6.69. The number of rotatable bonds is 7. The molecule has 162 valence electrons. The molecule has 0 aromatic heterocycles. The van der Waals surface area contributed by atoms with Crippen molar-refractivity contribution in [1.29, 1.82) is 0 Å². The third kappa shape index (κ3) is 5.83. The molecular formula is C20H25FN4O4S. The second-order valence-electron chi connectivity index (χ2n) is 6.79. The fraction of sp³-hybridized carbons (Fsp3) is 0.350. The van der Waals surface area contributed by atoms with Gasteiger partial charge in [0, 0.05) is 44.1 Å². The van der Waals surface area contributed by atoms with Crippen LogP contribution in [-0.2, 0) is 10.0 Å². The molecule has 1 fully saturated rings. The van der Waals surface area contributed by atoms with E-state index in [1.54, 1.807) is 7.11 Å². The molecule has 2 aromatic carbocycles. The summed E-state index contributed by atoms with van der Waals surface area (Å²) < 4.78 is 44.6. The van der Waals surface area contributed by atoms with Crippen molar-refractivity contribution in [2.24, 2.45) is 0 Å². The average molecular weight is 437 g/mol. The molecule has 2 amide bonds. The first-order valence-electron chi connectivity index (χ1n) is 9.54. The van der Waals surface area contributed by atoms with Crippen LogP contribution in [0.1, 0.15) is 0 Å². The third-order valence-electron chi connectivity index (χ3n) is 4.82. The number of hydrogen-bond donors (Lipinski definition) is 2. The number of amides is 2. The van der Waals surface area contributed by atoms with Crippen molar-refractivity contribution < 1.29 is 22.3 Å². The standard InChI is InChI=1S/C20H25FN4O4S/c1-29-19-8-6-18(7-9-19)24-11-13-25(14-12-24)30(27,28)15-10-22-20(26)23-17-4-2-16(21)3-5-17/h2-9H,10-15H2,1H3,(H2,22,23,26). The highest BCUT2D eigenvalue weighted by atomic mass is 32.2. The maximum atomic E-state index is 12.9. The molecule has 0 spiro atoms. The van der Waals surface area contributed by atoms with Crippen LogP contribution in [0.15, 0.2) is 48.5 Å². The number of benzene rings is 2. The lowest BCUT2D eigenvalue weighted by atomic mass is 10.2. The SMILES string of the molecule is COc1ccc(N2CCN(S(=O)(=O)CCNC(=O)Nc3ccc(F)cc3)CC2)cc1. The molecule has 0 unspecified atom stereocenters. The quantitative estimate of drug-likeness (QED) is 0.694. The van der Waals surface area contributed by atoms with Crippen LogP contribution in [0.2, 0.25) is 0 Å². The Labute approximate surface area is 175 Å². The number of methoxy groups -OCH3 is 1. The Bertz CT molecular complexity index is 944. The van der Waals surface area contributed by atoms with E-state index in [1.807, 2.05) is 24.3 Å². The van der Waals surface area contributed by atoms with Crippen LogP contribution in [0.3, 0.4) is 0 Å². The van der Waals surface area contributed by atoms with Gasteiger partial charge < -0.3 is 20.3 Å². The molecule has 30 heavy (non-hydrogen) atoms. The summed E-state index contributed by atoms with van der Waals surface area (Å²) >= 11 is 0. The number of carbonyl (C=O) groups is 1. The Kier molecular flexibility index (Phi) is 7.11. The van der Waals surface area contributed by atoms with E-state index in [-0.39, 0.29) is 12.3 Å². The predicted octanol–water partition coefficient (Wildman–Crippen LogP) is 2.11. The number of urea groups is 1. The second-order valence-corrected chi connectivity index (χ2v) is 8.88. The molecule has 0 aliphatic carbocycles. The summed E-state index contributed by atoms with van der Waals surface area (Å²) in [6, 6.07) is 12.4. The molecule has 1 heterocycles. The van der Waals surface area contributed by atoms with Gasteiger partial charge in [0.1, 0.15) is 11.6 Å². The number of hydrogen-bond acceptors (Lipinski definition) is 5. The maximum Gasteiger partial charge on any atom is 0.319 e. The van der Waals surface area contributed by atoms with E-state index in [2.05, 4.69) is 15.5 Å². The average Bonchev–Trinajstić information content (AvgIpc) is 2.75. The molecular weight excluding hydrogens is 411 g/mol. The largest absolute Gasteiger partial charge is 0.497 e. The molecule has 8 nitrogen and oxygen atoms in total. The Morgan fingerprint density at radius 3 is 2.27 bits per heavy atom. The van der Waals surface area contributed by atoms with Crippen molar-refractivity contribution in [1.82, 2.24) is 9.62 Å². The van der Waals surface area contributed by atoms with E-state index in [4.69, 9.17) is 4.74 Å². The van der Waals surface area contributed by atoms with Crippen LogP contribution in [-0.4, -0.2) is 64.3 Å². The van der Waals surface area contributed by atoms with Gasteiger partial charge in [-0.25, -0.2) is 17.6 Å². The van der Waals surface area contributed by atoms with Crippen molar-refractivity contribution in [3.8, 4) is 5.75 Å². The van der Waals surface area contributed by atoms with Crippen LogP contribution in [0.5, 0.6) is 5.75 Å². The number of sulfonamides is 1. The summed E-state index contributed by atoms with van der Waals surface area (Å²) in [5.74, 6) is 0.182. The number of carbonyl (C=O) groups excluding carboxylic acids is 1. The van der Waals surface area contributed by atoms with Gasteiger partial charge in [0.25, 0.3) is 0 Å². The first-order chi connectivity index (χ1) is 14.4. The molecule has 1 aliphatic rings. The molecule has 1 aliphatic heterocycles. The zero-order valence-corrected chi connectivity index (χ0v) is 17.5. The van der Waals surface area contributed by atoms with Crippen molar-refractivity contribution in [3.05, 3.63) is 54.3 Å². The highest BCUT2D eigenvalue weighted by molar-refractivity contribution is 7.89. The molecule has 0 saturated carbocycles. The summed E-state index contributed by atoms with van der Waals surface area (Å²) in [4.78, 5) is 14.0. The van der Waals surface area contributed by atoms with E-state index in [0.717, 1.165) is 11.4 Å². The summed E-state index contributed by atoms with van der Waals surface area (Å²) in [5, 5.41) is 5.04. The van der Waals surface area contributed by atoms with Gasteiger partial charge >= 0.3 is 6.03 Å². The van der Waals surface area contributed by atoms with E-state index in [9.17, 15) is 17.6 Å². The minimum Gasteiger partial charge on any atom is -0.497 e. The van der Waals surface area contributed by atoms with Crippen LogP contribution in [0.4, 0.5) is 20.6 Å². The highest BCUT2D eigenvalue weighted by Crippen LogP contribution is 2.21. The van der Waals surface area contributed by atoms with Crippen LogP contribution in [0, 0.1) is 5.82 Å². The Morgan fingerprint density at radius 1 is 1.03 bits per heavy atom. The summed E-state index contributed by atoms with van der Waals surface area (Å²) in [7, 11) is -1.87. The van der Waals surface area contributed by atoms with Crippen molar-refractivity contribution in [3.63, 3.8) is 0 Å². The van der Waals surface area contributed by atoms with Gasteiger partial charge in [-0.15, -0.1) is 0 Å². The van der Waals surface area contributed by atoms with Gasteiger partial charge in [0.05, 0.1) is 12.9 Å². The lowest BCUT2D eigenvalue weighted by Crippen LogP contribution is -2.50. The maximum absolute atomic E-state index is 12.9. The molecule has 10 heteroatoms. The van der Waals surface area contributed by atoms with Crippen LogP contribution >= 0.6 is 0 Å². The fourth-order valence-corrected chi connectivity index (χ4v) is 4.49. The molecule has 3 rings (SSSR count). The number of nitrogens with one attached hydrogen (secondary N) is 2. The van der Waals surface area contributed by atoms with Gasteiger partial charge in [-0.05, 0) is 48.5 Å². The predicted molar refractivity (Wildman–Crippen MR) is 114 cm³/mol. The molecule has 2 aromatic rings. The normalized spacial score (nSPS) is 14.9. The van der Waals surface area contributed by atoms with Crippen molar-refractivity contribution in [2.75, 3.05) is 55.8 Å². The zero-order valence-electron chi connectivity index (χ0n) is 16.7. The Hall–Kier alpha value is -2.85. The van der Waals surface area contributed by atoms with Gasteiger partial charge in [-0.3, -0.25) is 0 Å². The molecule has 2 N–H and O–H groups in total. The van der Waals surface area contributed by atoms with Crippen LogP contribution < -0.4 is 20.3 Å². The van der Waals surface area contributed by atoms with E-state index >= 15 is 0 Å². The number of anilines is 2. The number of piperazine rings is 1. The minimum atomic E-state index is -3.48. The second kappa shape index (κ2) is 9.77. The number of ether oxygens (including phenoxy) is 1. The monoisotopic (exact) mass is 436 g/mol. The van der Waals surface area contributed by atoms with E-state index < -0.39 is 21.9 Å². The molecule has 0 atom stereocenters. The van der Waals surface area contributed by atoms with Crippen molar-refractivity contribution in [2.45, 2.75) is 0 Å². The first kappa shape index (κ1) is 21.8. The molecule has 0 radical (unpaired) electrons. The number of nitrogens with zero attached hydrogens (tertiary/aromatic N) is 2. The lowest BCUT2D eigenvalue weighted by Gasteiger charge is -2.35. The number of halogens is 1. The summed E-state index contributed by atoms with van der Waals surface area (Å²) in [6.07, 6.45) is 0. The van der Waals surface area contributed by atoms with Gasteiger partial charge in [-0.1, -0.05) is 0 Å². The zero-order chi connectivity index (χ0) is 21.6. The van der Waals surface area contributed by atoms with Gasteiger partial charge in [0.15, 0.2) is 0 Å². The topological polar surface area (TPSA) is 91.0 Å². The van der Waals surface area contributed by atoms with Crippen molar-refractivity contribution >= 4 is 27.4 Å². The molecule has 1 saturated heterocycles. The smallest absolute Gasteiger partial charge is 0.319 e. The minimum absolute atomic E-state index is 0.0198. The Morgan fingerprint density at radius 2 is 1.67 bits per heavy atom. The van der Waals surface area contributed by atoms with Gasteiger partial charge in [-0.2, -0.15) is 4.31 Å². The summed E-state index contributed by atoms with van der Waals surface area (Å²) in [6.45, 7) is 1.93. The van der Waals surface area contributed by atoms with Gasteiger partial charge in [0.2, 0.25) is 10.0 Å². The molecule has 0 bridgehead atoms. The Balaban J connectivity index is 1.43. The van der Waals surface area contributed by atoms with E-state index in [0.29, 0.717) is 31.9 Å². The highest BCUT2D eigenvalue weighted by Gasteiger charge is 2.26. The van der Waals surface area contributed by atoms with E-state index in [1.165, 1.54) is 28.6 Å². The van der Waals surface area contributed by atoms with Crippen LogP contribution in [0.25, 0.3) is 0 Å². The first-order valence-corrected chi connectivity index (χ1v) is 11.2. The fourth-order valence-electron chi connectivity index (χ4n) is 3.15.